The summed E-state index contributed by atoms with van der Waals surface area (Å²) in [5, 5.41) is 11.2. The highest BCUT2D eigenvalue weighted by Gasteiger charge is 2.36. The summed E-state index contributed by atoms with van der Waals surface area (Å²) >= 11 is 0. The van der Waals surface area contributed by atoms with Crippen LogP contribution in [-0.4, -0.2) is 55.2 Å². The summed E-state index contributed by atoms with van der Waals surface area (Å²) in [6.07, 6.45) is -0.0773. The molecule has 1 rings (SSSR count). The van der Waals surface area contributed by atoms with E-state index in [0.717, 1.165) is 6.26 Å². The van der Waals surface area contributed by atoms with Crippen molar-refractivity contribution in [3.63, 3.8) is 0 Å². The van der Waals surface area contributed by atoms with E-state index in [4.69, 9.17) is 9.84 Å². The number of aliphatic carboxylic acids is 1. The predicted octanol–water partition coefficient (Wildman–Crippen LogP) is -0.442. The third kappa shape index (κ3) is 3.90. The number of amides is 1. The molecule has 0 saturated carbocycles. The Morgan fingerprint density at radius 1 is 1.32 bits per heavy atom. The van der Waals surface area contributed by atoms with Crippen LogP contribution in [0.5, 0.6) is 0 Å². The fraction of sp³-hybridized carbons (Fsp3) is 0.818. The highest BCUT2D eigenvalue weighted by atomic mass is 32.2. The van der Waals surface area contributed by atoms with Gasteiger partial charge in [-0.3, -0.25) is 4.79 Å². The molecule has 0 bridgehead atoms. The van der Waals surface area contributed by atoms with E-state index in [-0.39, 0.29) is 13.0 Å². The molecular formula is C11H19NO6S. The van der Waals surface area contributed by atoms with E-state index in [1.807, 2.05) is 0 Å². The van der Waals surface area contributed by atoms with Gasteiger partial charge in [0.2, 0.25) is 5.91 Å². The number of carbonyl (C=O) groups excluding carboxylic acids is 1. The first kappa shape index (κ1) is 15.9. The Balaban J connectivity index is 2.52. The number of hydrogen-bond acceptors (Lipinski definition) is 5. The van der Waals surface area contributed by atoms with Gasteiger partial charge >= 0.3 is 5.97 Å². The normalized spacial score (nSPS) is 24.2. The summed E-state index contributed by atoms with van der Waals surface area (Å²) in [5.41, 5.74) is 0. The number of nitrogens with one attached hydrogen (secondary N) is 1. The molecule has 0 spiro atoms. The molecule has 19 heavy (non-hydrogen) atoms. The Hall–Kier alpha value is -1.15. The van der Waals surface area contributed by atoms with Crippen LogP contribution in [0.15, 0.2) is 0 Å². The van der Waals surface area contributed by atoms with Gasteiger partial charge < -0.3 is 15.2 Å². The molecule has 1 aliphatic heterocycles. The first-order valence-electron chi connectivity index (χ1n) is 5.90. The van der Waals surface area contributed by atoms with Gasteiger partial charge in [0.25, 0.3) is 0 Å². The molecule has 1 aliphatic rings. The van der Waals surface area contributed by atoms with Gasteiger partial charge in [0.1, 0.15) is 6.10 Å². The smallest absolute Gasteiger partial charge is 0.332 e. The van der Waals surface area contributed by atoms with Crippen LogP contribution in [0.25, 0.3) is 0 Å². The molecule has 0 aromatic carbocycles. The van der Waals surface area contributed by atoms with Crippen molar-refractivity contribution in [1.29, 1.82) is 0 Å². The molecule has 0 aliphatic carbocycles. The molecule has 2 N–H and O–H groups in total. The Kier molecular flexibility index (Phi) is 4.57. The second-order valence-electron chi connectivity index (χ2n) is 5.28. The van der Waals surface area contributed by atoms with E-state index < -0.39 is 38.7 Å². The average molecular weight is 293 g/mol. The van der Waals surface area contributed by atoms with Crippen LogP contribution in [0.1, 0.15) is 26.7 Å². The number of ether oxygens (including phenoxy) is 1. The van der Waals surface area contributed by atoms with Gasteiger partial charge in [0, 0.05) is 12.8 Å². The lowest BCUT2D eigenvalue weighted by atomic mass is 10.1. The van der Waals surface area contributed by atoms with Crippen LogP contribution < -0.4 is 5.32 Å². The number of sulfone groups is 1. The van der Waals surface area contributed by atoms with Crippen molar-refractivity contribution in [3.8, 4) is 0 Å². The topological polar surface area (TPSA) is 110 Å². The first-order chi connectivity index (χ1) is 8.54. The second kappa shape index (κ2) is 5.46. The number of hydrogen-bond donors (Lipinski definition) is 2. The zero-order valence-electron chi connectivity index (χ0n) is 11.2. The zero-order valence-corrected chi connectivity index (χ0v) is 12.0. The minimum Gasteiger partial charge on any atom is -0.479 e. The van der Waals surface area contributed by atoms with Gasteiger partial charge in [-0.15, -0.1) is 0 Å². The Morgan fingerprint density at radius 2 is 1.84 bits per heavy atom. The van der Waals surface area contributed by atoms with Crippen molar-refractivity contribution in [2.24, 2.45) is 0 Å². The summed E-state index contributed by atoms with van der Waals surface area (Å²) < 4.78 is 26.9. The van der Waals surface area contributed by atoms with Crippen LogP contribution in [0.4, 0.5) is 0 Å². The molecule has 8 heteroatoms. The summed E-state index contributed by atoms with van der Waals surface area (Å²) in [7, 11) is -3.30. The molecule has 110 valence electrons. The van der Waals surface area contributed by atoms with Crippen LogP contribution in [0, 0.1) is 0 Å². The highest BCUT2D eigenvalue weighted by molar-refractivity contribution is 7.92. The fourth-order valence-electron chi connectivity index (χ4n) is 1.56. The number of rotatable bonds is 5. The van der Waals surface area contributed by atoms with E-state index in [1.54, 1.807) is 0 Å². The maximum atomic E-state index is 11.8. The number of carboxylic acids is 1. The molecule has 0 aromatic heterocycles. The zero-order chi connectivity index (χ0) is 14.8. The molecule has 2 atom stereocenters. The molecule has 0 aromatic rings. The van der Waals surface area contributed by atoms with Gasteiger partial charge in [-0.1, -0.05) is 0 Å². The molecular weight excluding hydrogens is 274 g/mol. The van der Waals surface area contributed by atoms with Crippen molar-refractivity contribution < 1.29 is 27.9 Å². The minimum absolute atomic E-state index is 0.0394. The van der Waals surface area contributed by atoms with Crippen molar-refractivity contribution >= 4 is 21.7 Å². The maximum Gasteiger partial charge on any atom is 0.332 e. The van der Waals surface area contributed by atoms with E-state index in [9.17, 15) is 18.0 Å². The van der Waals surface area contributed by atoms with E-state index >= 15 is 0 Å². The molecule has 1 saturated heterocycles. The number of carbonyl (C=O) groups is 2. The van der Waals surface area contributed by atoms with Crippen LogP contribution in [0.3, 0.4) is 0 Å². The summed E-state index contributed by atoms with van der Waals surface area (Å²) in [6.45, 7) is 2.98. The van der Waals surface area contributed by atoms with Crippen molar-refractivity contribution in [2.75, 3.05) is 12.8 Å². The van der Waals surface area contributed by atoms with E-state index in [2.05, 4.69) is 5.32 Å². The Labute approximate surface area is 112 Å². The van der Waals surface area contributed by atoms with Crippen molar-refractivity contribution in [1.82, 2.24) is 5.32 Å². The standard InChI is InChI=1S/C11H19NO6S/c1-11(2,19(3,16)17)6-12-9(13)7-4-5-8(18-7)10(14)15/h7-8H,4-6H2,1-3H3,(H,12,13)(H,14,15). The Bertz CT molecular complexity index is 470. The summed E-state index contributed by atoms with van der Waals surface area (Å²) in [6, 6.07) is 0. The van der Waals surface area contributed by atoms with Crippen LogP contribution in [0.2, 0.25) is 0 Å². The van der Waals surface area contributed by atoms with Gasteiger partial charge in [0.05, 0.1) is 4.75 Å². The second-order valence-corrected chi connectivity index (χ2v) is 7.93. The lowest BCUT2D eigenvalue weighted by Crippen LogP contribution is -2.46. The van der Waals surface area contributed by atoms with E-state index in [1.165, 1.54) is 13.8 Å². The molecule has 7 nitrogen and oxygen atoms in total. The van der Waals surface area contributed by atoms with Crippen molar-refractivity contribution in [3.05, 3.63) is 0 Å². The van der Waals surface area contributed by atoms with Crippen molar-refractivity contribution in [2.45, 2.75) is 43.6 Å². The van der Waals surface area contributed by atoms with E-state index in [0.29, 0.717) is 6.42 Å². The first-order valence-corrected chi connectivity index (χ1v) is 7.79. The molecule has 1 fully saturated rings. The van der Waals surface area contributed by atoms with Gasteiger partial charge in [-0.05, 0) is 26.7 Å². The highest BCUT2D eigenvalue weighted by Crippen LogP contribution is 2.20. The quantitative estimate of drug-likeness (QED) is 0.711. The molecule has 2 unspecified atom stereocenters. The predicted molar refractivity (Wildman–Crippen MR) is 67.5 cm³/mol. The largest absolute Gasteiger partial charge is 0.479 e. The lowest BCUT2D eigenvalue weighted by molar-refractivity contribution is -0.151. The molecule has 1 amide bonds. The molecule has 1 heterocycles. The van der Waals surface area contributed by atoms with Gasteiger partial charge in [-0.2, -0.15) is 0 Å². The Morgan fingerprint density at radius 3 is 2.26 bits per heavy atom. The summed E-state index contributed by atoms with van der Waals surface area (Å²) in [5.74, 6) is -1.56. The molecule has 0 radical (unpaired) electrons. The third-order valence-corrected chi connectivity index (χ3v) is 5.43. The van der Waals surface area contributed by atoms with Crippen LogP contribution >= 0.6 is 0 Å². The average Bonchev–Trinajstić information content (AvgIpc) is 2.73. The van der Waals surface area contributed by atoms with Crippen LogP contribution in [-0.2, 0) is 24.2 Å². The lowest BCUT2D eigenvalue weighted by Gasteiger charge is -2.23. The van der Waals surface area contributed by atoms with Gasteiger partial charge in [0.15, 0.2) is 15.9 Å². The third-order valence-electron chi connectivity index (χ3n) is 3.28. The monoisotopic (exact) mass is 293 g/mol. The fourth-order valence-corrected chi connectivity index (χ4v) is 1.89. The SMILES string of the molecule is CC(C)(CNC(=O)C1CCC(C(=O)O)O1)S(C)(=O)=O. The minimum atomic E-state index is -3.30. The van der Waals surface area contributed by atoms with Gasteiger partial charge in [-0.25, -0.2) is 13.2 Å². The summed E-state index contributed by atoms with van der Waals surface area (Å²) in [4.78, 5) is 22.4. The maximum absolute atomic E-state index is 11.8. The number of carboxylic acid groups (broad SMARTS) is 1.